The molecule has 0 radical (unpaired) electrons. The lowest BCUT2D eigenvalue weighted by atomic mass is 10.2. The Kier molecular flexibility index (Phi) is 4.67. The highest BCUT2D eigenvalue weighted by Gasteiger charge is 2.08. The number of halogens is 2. The molecule has 0 atom stereocenters. The van der Waals surface area contributed by atoms with Crippen LogP contribution in [0.4, 0.5) is 5.69 Å². The summed E-state index contributed by atoms with van der Waals surface area (Å²) < 4.78 is 1.82. The summed E-state index contributed by atoms with van der Waals surface area (Å²) in [7, 11) is 2.09. The molecule has 18 heavy (non-hydrogen) atoms. The minimum absolute atomic E-state index is 0.778. The van der Waals surface area contributed by atoms with Crippen LogP contribution in [0.1, 0.15) is 10.4 Å². The van der Waals surface area contributed by atoms with Gasteiger partial charge in [-0.2, -0.15) is 0 Å². The second-order valence-electron chi connectivity index (χ2n) is 4.20. The fourth-order valence-electron chi connectivity index (χ4n) is 1.77. The minimum atomic E-state index is 0.778. The van der Waals surface area contributed by atoms with Crippen LogP contribution in [-0.4, -0.2) is 11.9 Å². The molecule has 1 aromatic heterocycles. The zero-order valence-corrected chi connectivity index (χ0v) is 13.1. The van der Waals surface area contributed by atoms with Gasteiger partial charge in [-0.3, -0.25) is 4.90 Å². The van der Waals surface area contributed by atoms with Gasteiger partial charge in [-0.1, -0.05) is 23.7 Å². The fourth-order valence-corrected chi connectivity index (χ4v) is 3.33. The molecule has 0 aliphatic heterocycles. The number of rotatable bonds is 4. The summed E-state index contributed by atoms with van der Waals surface area (Å²) in [6, 6.07) is 9.96. The largest absolute Gasteiger partial charge is 0.398 e. The van der Waals surface area contributed by atoms with E-state index in [1.807, 2.05) is 18.2 Å². The molecule has 0 unspecified atom stereocenters. The Morgan fingerprint density at radius 2 is 2.06 bits per heavy atom. The summed E-state index contributed by atoms with van der Waals surface area (Å²) in [5.74, 6) is 0. The van der Waals surface area contributed by atoms with Crippen molar-refractivity contribution in [1.29, 1.82) is 0 Å². The average molecular weight is 346 g/mol. The van der Waals surface area contributed by atoms with Crippen LogP contribution in [0.25, 0.3) is 0 Å². The van der Waals surface area contributed by atoms with Crippen LogP contribution in [0.3, 0.4) is 0 Å². The predicted octanol–water partition coefficient (Wildman–Crippen LogP) is 4.38. The zero-order valence-electron chi connectivity index (χ0n) is 9.99. The Labute approximate surface area is 124 Å². The Hall–Kier alpha value is -0.550. The van der Waals surface area contributed by atoms with Crippen molar-refractivity contribution < 1.29 is 0 Å². The van der Waals surface area contributed by atoms with Crippen molar-refractivity contribution >= 4 is 44.6 Å². The van der Waals surface area contributed by atoms with Gasteiger partial charge in [0.1, 0.15) is 0 Å². The number of nitrogens with zero attached hydrogens (tertiary/aromatic N) is 1. The van der Waals surface area contributed by atoms with Crippen LogP contribution >= 0.6 is 38.9 Å². The van der Waals surface area contributed by atoms with Crippen molar-refractivity contribution in [3.63, 3.8) is 0 Å². The van der Waals surface area contributed by atoms with E-state index in [0.717, 1.165) is 27.6 Å². The summed E-state index contributed by atoms with van der Waals surface area (Å²) in [5.41, 5.74) is 7.84. The summed E-state index contributed by atoms with van der Waals surface area (Å²) in [6.07, 6.45) is 0. The van der Waals surface area contributed by atoms with Gasteiger partial charge >= 0.3 is 0 Å². The Morgan fingerprint density at radius 3 is 2.72 bits per heavy atom. The standard InChI is InChI=1S/C13H14BrClN2S/c1-17(8-10-5-6-12(15)18-10)7-9-3-2-4-11(16)13(9)14/h2-6H,7-8,16H2,1H3. The maximum atomic E-state index is 5.93. The normalized spacial score (nSPS) is 11.1. The van der Waals surface area contributed by atoms with Crippen LogP contribution < -0.4 is 5.73 Å². The molecule has 0 fully saturated rings. The second-order valence-corrected chi connectivity index (χ2v) is 6.79. The van der Waals surface area contributed by atoms with Gasteiger partial charge in [-0.15, -0.1) is 11.3 Å². The summed E-state index contributed by atoms with van der Waals surface area (Å²) in [4.78, 5) is 3.50. The highest BCUT2D eigenvalue weighted by Crippen LogP contribution is 2.26. The molecular formula is C13H14BrClN2S. The smallest absolute Gasteiger partial charge is 0.0931 e. The van der Waals surface area contributed by atoms with E-state index in [0.29, 0.717) is 0 Å². The first-order chi connectivity index (χ1) is 8.56. The van der Waals surface area contributed by atoms with Crippen molar-refractivity contribution in [2.24, 2.45) is 0 Å². The molecule has 0 spiro atoms. The molecule has 2 rings (SSSR count). The molecule has 5 heteroatoms. The van der Waals surface area contributed by atoms with Crippen LogP contribution in [0, 0.1) is 0 Å². The van der Waals surface area contributed by atoms with Gasteiger partial charge in [0.05, 0.1) is 4.34 Å². The van der Waals surface area contributed by atoms with Crippen molar-refractivity contribution in [2.75, 3.05) is 12.8 Å². The number of hydrogen-bond acceptors (Lipinski definition) is 3. The first kappa shape index (κ1) is 13.9. The predicted molar refractivity (Wildman–Crippen MR) is 83.1 cm³/mol. The number of anilines is 1. The molecule has 1 heterocycles. The third-order valence-electron chi connectivity index (χ3n) is 2.60. The number of nitrogens with two attached hydrogens (primary N) is 1. The first-order valence-corrected chi connectivity index (χ1v) is 7.50. The van der Waals surface area contributed by atoms with Crippen molar-refractivity contribution in [3.8, 4) is 0 Å². The van der Waals surface area contributed by atoms with E-state index in [-0.39, 0.29) is 0 Å². The van der Waals surface area contributed by atoms with Gasteiger partial charge in [0.15, 0.2) is 0 Å². The molecule has 0 bridgehead atoms. The van der Waals surface area contributed by atoms with E-state index in [1.54, 1.807) is 11.3 Å². The third-order valence-corrected chi connectivity index (χ3v) is 4.79. The van der Waals surface area contributed by atoms with Crippen LogP contribution in [0.15, 0.2) is 34.8 Å². The Balaban J connectivity index is 2.03. The van der Waals surface area contributed by atoms with Gasteiger partial charge in [0, 0.05) is 28.1 Å². The van der Waals surface area contributed by atoms with Crippen LogP contribution in [0.5, 0.6) is 0 Å². The second kappa shape index (κ2) is 6.06. The molecule has 0 amide bonds. The quantitative estimate of drug-likeness (QED) is 0.833. The zero-order chi connectivity index (χ0) is 13.1. The van der Waals surface area contributed by atoms with Crippen molar-refractivity contribution in [1.82, 2.24) is 4.90 Å². The lowest BCUT2D eigenvalue weighted by molar-refractivity contribution is 0.321. The van der Waals surface area contributed by atoms with Crippen LogP contribution in [-0.2, 0) is 13.1 Å². The van der Waals surface area contributed by atoms with Gasteiger partial charge in [0.25, 0.3) is 0 Å². The van der Waals surface area contributed by atoms with Gasteiger partial charge in [-0.05, 0) is 46.7 Å². The van der Waals surface area contributed by atoms with E-state index in [1.165, 1.54) is 10.4 Å². The molecule has 0 saturated carbocycles. The number of thiophene rings is 1. The molecule has 0 saturated heterocycles. The van der Waals surface area contributed by atoms with Crippen LogP contribution in [0.2, 0.25) is 4.34 Å². The number of nitrogen functional groups attached to an aromatic ring is 1. The van der Waals surface area contributed by atoms with Gasteiger partial charge in [-0.25, -0.2) is 0 Å². The molecule has 2 aromatic rings. The highest BCUT2D eigenvalue weighted by molar-refractivity contribution is 9.10. The van der Waals surface area contributed by atoms with Crippen molar-refractivity contribution in [2.45, 2.75) is 13.1 Å². The molecule has 2 nitrogen and oxygen atoms in total. The number of hydrogen-bond donors (Lipinski definition) is 1. The topological polar surface area (TPSA) is 29.3 Å². The first-order valence-electron chi connectivity index (χ1n) is 5.52. The van der Waals surface area contributed by atoms with E-state index in [9.17, 15) is 0 Å². The van der Waals surface area contributed by atoms with E-state index < -0.39 is 0 Å². The summed E-state index contributed by atoms with van der Waals surface area (Å²) in [5, 5.41) is 0. The maximum absolute atomic E-state index is 5.93. The Morgan fingerprint density at radius 1 is 1.28 bits per heavy atom. The molecule has 0 aliphatic carbocycles. The monoisotopic (exact) mass is 344 g/mol. The number of benzene rings is 1. The molecule has 2 N–H and O–H groups in total. The van der Waals surface area contributed by atoms with E-state index in [2.05, 4.69) is 40.0 Å². The summed E-state index contributed by atoms with van der Waals surface area (Å²) >= 11 is 11.1. The fraction of sp³-hybridized carbons (Fsp3) is 0.231. The third kappa shape index (κ3) is 3.48. The maximum Gasteiger partial charge on any atom is 0.0931 e. The molecule has 1 aromatic carbocycles. The van der Waals surface area contributed by atoms with Gasteiger partial charge < -0.3 is 5.73 Å². The van der Waals surface area contributed by atoms with Gasteiger partial charge in [0.2, 0.25) is 0 Å². The van der Waals surface area contributed by atoms with E-state index in [4.69, 9.17) is 17.3 Å². The lowest BCUT2D eigenvalue weighted by Crippen LogP contribution is -2.17. The van der Waals surface area contributed by atoms with Crippen molar-refractivity contribution in [3.05, 3.63) is 49.6 Å². The Bertz CT molecular complexity index is 542. The lowest BCUT2D eigenvalue weighted by Gasteiger charge is -2.17. The minimum Gasteiger partial charge on any atom is -0.398 e. The molecule has 0 aliphatic rings. The highest BCUT2D eigenvalue weighted by atomic mass is 79.9. The molecule has 96 valence electrons. The summed E-state index contributed by atoms with van der Waals surface area (Å²) in [6.45, 7) is 1.74. The van der Waals surface area contributed by atoms with E-state index >= 15 is 0 Å². The molecular weight excluding hydrogens is 332 g/mol. The average Bonchev–Trinajstić information content (AvgIpc) is 2.70. The SMILES string of the molecule is CN(Cc1ccc(Cl)s1)Cc1cccc(N)c1Br.